The van der Waals surface area contributed by atoms with Gasteiger partial charge in [0.15, 0.2) is 11.5 Å². The molecule has 0 saturated heterocycles. The minimum Gasteiger partial charge on any atom is -0.486 e. The van der Waals surface area contributed by atoms with Crippen molar-refractivity contribution in [2.24, 2.45) is 0 Å². The molecular formula is C16H15NO4. The van der Waals surface area contributed by atoms with Crippen molar-refractivity contribution in [1.29, 1.82) is 0 Å². The van der Waals surface area contributed by atoms with Gasteiger partial charge in [0.25, 0.3) is 5.91 Å². The molecule has 1 amide bonds. The zero-order chi connectivity index (χ0) is 14.5. The van der Waals surface area contributed by atoms with E-state index in [1.54, 1.807) is 18.2 Å². The van der Waals surface area contributed by atoms with Crippen molar-refractivity contribution in [2.45, 2.75) is 6.61 Å². The third kappa shape index (κ3) is 3.14. The summed E-state index contributed by atoms with van der Waals surface area (Å²) in [7, 11) is 0. The number of fused-ring (bicyclic) bond motifs is 1. The molecule has 5 heteroatoms. The van der Waals surface area contributed by atoms with Crippen LogP contribution in [0.2, 0.25) is 0 Å². The van der Waals surface area contributed by atoms with E-state index in [-0.39, 0.29) is 5.91 Å². The Morgan fingerprint density at radius 3 is 2.71 bits per heavy atom. The molecular weight excluding hydrogens is 270 g/mol. The summed E-state index contributed by atoms with van der Waals surface area (Å²) in [4.78, 5) is 17.4. The Balaban J connectivity index is 1.63. The molecule has 0 atom stereocenters. The van der Waals surface area contributed by atoms with Gasteiger partial charge in [-0.3, -0.25) is 9.63 Å². The molecule has 0 bridgehead atoms. The second kappa shape index (κ2) is 6.28. The van der Waals surface area contributed by atoms with Crippen LogP contribution in [0.25, 0.3) is 0 Å². The smallest absolute Gasteiger partial charge is 0.278 e. The van der Waals surface area contributed by atoms with E-state index in [0.717, 1.165) is 5.56 Å². The van der Waals surface area contributed by atoms with Gasteiger partial charge in [-0.25, -0.2) is 5.48 Å². The Labute approximate surface area is 122 Å². The average Bonchev–Trinajstić information content (AvgIpc) is 2.55. The zero-order valence-electron chi connectivity index (χ0n) is 11.4. The Morgan fingerprint density at radius 2 is 1.86 bits per heavy atom. The average molecular weight is 285 g/mol. The van der Waals surface area contributed by atoms with Crippen LogP contribution in [0, 0.1) is 0 Å². The molecule has 21 heavy (non-hydrogen) atoms. The molecule has 0 spiro atoms. The first-order valence-corrected chi connectivity index (χ1v) is 6.69. The van der Waals surface area contributed by atoms with E-state index < -0.39 is 0 Å². The highest BCUT2D eigenvalue weighted by Crippen LogP contribution is 2.33. The molecule has 0 unspecified atom stereocenters. The summed E-state index contributed by atoms with van der Waals surface area (Å²) in [6.07, 6.45) is 0. The number of nitrogens with one attached hydrogen (secondary N) is 1. The fourth-order valence-corrected chi connectivity index (χ4v) is 2.07. The topological polar surface area (TPSA) is 56.8 Å². The number of hydrogen-bond donors (Lipinski definition) is 1. The number of amides is 1. The maximum absolute atomic E-state index is 12.1. The second-order valence-corrected chi connectivity index (χ2v) is 4.54. The maximum atomic E-state index is 12.1. The number of ether oxygens (including phenoxy) is 2. The van der Waals surface area contributed by atoms with Crippen molar-refractivity contribution >= 4 is 5.91 Å². The lowest BCUT2D eigenvalue weighted by atomic mass is 10.1. The quantitative estimate of drug-likeness (QED) is 0.876. The molecule has 1 aliphatic rings. The van der Waals surface area contributed by atoms with Gasteiger partial charge in [-0.1, -0.05) is 36.4 Å². The van der Waals surface area contributed by atoms with Gasteiger partial charge in [0.2, 0.25) is 0 Å². The number of carbonyl (C=O) groups is 1. The van der Waals surface area contributed by atoms with Gasteiger partial charge < -0.3 is 9.47 Å². The Bertz CT molecular complexity index is 627. The number of hydroxylamine groups is 1. The van der Waals surface area contributed by atoms with Crippen molar-refractivity contribution in [3.05, 3.63) is 59.7 Å². The molecule has 1 N–H and O–H groups in total. The molecule has 0 radical (unpaired) electrons. The van der Waals surface area contributed by atoms with Crippen LogP contribution in [0.15, 0.2) is 48.5 Å². The highest BCUT2D eigenvalue weighted by Gasteiger charge is 2.20. The van der Waals surface area contributed by atoms with E-state index >= 15 is 0 Å². The molecule has 0 fully saturated rings. The van der Waals surface area contributed by atoms with Crippen molar-refractivity contribution in [3.63, 3.8) is 0 Å². The lowest BCUT2D eigenvalue weighted by molar-refractivity contribution is 0.0228. The lowest BCUT2D eigenvalue weighted by Gasteiger charge is -2.20. The number of carbonyl (C=O) groups excluding carboxylic acids is 1. The van der Waals surface area contributed by atoms with E-state index in [2.05, 4.69) is 5.48 Å². The van der Waals surface area contributed by atoms with Crippen LogP contribution < -0.4 is 15.0 Å². The summed E-state index contributed by atoms with van der Waals surface area (Å²) in [5.74, 6) is 0.690. The zero-order valence-corrected chi connectivity index (χ0v) is 11.4. The first kappa shape index (κ1) is 13.5. The third-order valence-electron chi connectivity index (χ3n) is 3.06. The van der Waals surface area contributed by atoms with E-state index in [9.17, 15) is 4.79 Å². The Kier molecular flexibility index (Phi) is 4.02. The van der Waals surface area contributed by atoms with E-state index in [1.807, 2.05) is 30.3 Å². The predicted octanol–water partition coefficient (Wildman–Crippen LogP) is 2.32. The highest BCUT2D eigenvalue weighted by molar-refractivity contribution is 5.97. The predicted molar refractivity (Wildman–Crippen MR) is 76.1 cm³/mol. The molecule has 5 nitrogen and oxygen atoms in total. The molecule has 0 aromatic heterocycles. The second-order valence-electron chi connectivity index (χ2n) is 4.54. The van der Waals surface area contributed by atoms with Crippen molar-refractivity contribution in [2.75, 3.05) is 13.2 Å². The molecule has 108 valence electrons. The number of benzene rings is 2. The summed E-state index contributed by atoms with van der Waals surface area (Å²) < 4.78 is 10.9. The van der Waals surface area contributed by atoms with Gasteiger partial charge in [0.05, 0.1) is 12.2 Å². The van der Waals surface area contributed by atoms with E-state index in [4.69, 9.17) is 14.3 Å². The molecule has 1 heterocycles. The minimum absolute atomic E-state index is 0.305. The normalized spacial score (nSPS) is 12.8. The lowest BCUT2D eigenvalue weighted by Crippen LogP contribution is -2.26. The summed E-state index contributed by atoms with van der Waals surface area (Å²) in [5, 5.41) is 0. The highest BCUT2D eigenvalue weighted by atomic mass is 16.7. The van der Waals surface area contributed by atoms with Gasteiger partial charge >= 0.3 is 0 Å². The molecule has 0 saturated carbocycles. The van der Waals surface area contributed by atoms with Crippen LogP contribution in [0.3, 0.4) is 0 Å². The van der Waals surface area contributed by atoms with Crippen LogP contribution in [0.4, 0.5) is 0 Å². The van der Waals surface area contributed by atoms with E-state index in [0.29, 0.717) is 36.9 Å². The Hall–Kier alpha value is -2.53. The monoisotopic (exact) mass is 285 g/mol. The molecule has 1 aliphatic heterocycles. The summed E-state index contributed by atoms with van der Waals surface area (Å²) in [6, 6.07) is 14.8. The largest absolute Gasteiger partial charge is 0.486 e. The van der Waals surface area contributed by atoms with Crippen LogP contribution in [0.5, 0.6) is 11.5 Å². The van der Waals surface area contributed by atoms with Crippen molar-refractivity contribution in [1.82, 2.24) is 5.48 Å². The first-order valence-electron chi connectivity index (χ1n) is 6.69. The van der Waals surface area contributed by atoms with Crippen LogP contribution in [-0.2, 0) is 11.4 Å². The standard InChI is InChI=1S/C16H15NO4/c18-16(17-21-11-12-5-2-1-3-6-12)13-7-4-8-14-15(13)20-10-9-19-14/h1-8H,9-11H2,(H,17,18). The third-order valence-corrected chi connectivity index (χ3v) is 3.06. The van der Waals surface area contributed by atoms with Gasteiger partial charge in [-0.2, -0.15) is 0 Å². The van der Waals surface area contributed by atoms with E-state index in [1.165, 1.54) is 0 Å². The summed E-state index contributed by atoms with van der Waals surface area (Å²) >= 11 is 0. The minimum atomic E-state index is -0.353. The number of para-hydroxylation sites is 1. The fraction of sp³-hybridized carbons (Fsp3) is 0.188. The van der Waals surface area contributed by atoms with Gasteiger partial charge in [0.1, 0.15) is 13.2 Å². The molecule has 0 aliphatic carbocycles. The first-order chi connectivity index (χ1) is 10.3. The molecule has 3 rings (SSSR count). The van der Waals surface area contributed by atoms with Gasteiger partial charge in [-0.15, -0.1) is 0 Å². The fourth-order valence-electron chi connectivity index (χ4n) is 2.07. The molecule has 2 aromatic rings. The van der Waals surface area contributed by atoms with Crippen LogP contribution >= 0.6 is 0 Å². The van der Waals surface area contributed by atoms with Crippen molar-refractivity contribution < 1.29 is 19.1 Å². The van der Waals surface area contributed by atoms with Crippen LogP contribution in [-0.4, -0.2) is 19.1 Å². The van der Waals surface area contributed by atoms with Crippen molar-refractivity contribution in [3.8, 4) is 11.5 Å². The molecule has 2 aromatic carbocycles. The number of hydrogen-bond acceptors (Lipinski definition) is 4. The Morgan fingerprint density at radius 1 is 1.05 bits per heavy atom. The van der Waals surface area contributed by atoms with Gasteiger partial charge in [-0.05, 0) is 17.7 Å². The SMILES string of the molecule is O=C(NOCc1ccccc1)c1cccc2c1OCCO2. The summed E-state index contributed by atoms with van der Waals surface area (Å²) in [6.45, 7) is 1.23. The summed E-state index contributed by atoms with van der Waals surface area (Å²) in [5.41, 5.74) is 3.81. The number of rotatable bonds is 4. The van der Waals surface area contributed by atoms with Gasteiger partial charge in [0, 0.05) is 0 Å². The maximum Gasteiger partial charge on any atom is 0.278 e. The van der Waals surface area contributed by atoms with Crippen LogP contribution in [0.1, 0.15) is 15.9 Å².